The van der Waals surface area contributed by atoms with Crippen molar-refractivity contribution in [3.05, 3.63) is 42.1 Å². The third kappa shape index (κ3) is 2.71. The summed E-state index contributed by atoms with van der Waals surface area (Å²) in [6.07, 6.45) is 1.94. The Morgan fingerprint density at radius 1 is 1.08 bits per heavy atom. The lowest BCUT2D eigenvalue weighted by molar-refractivity contribution is 0.345. The number of nitrogens with zero attached hydrogens (tertiary/aromatic N) is 4. The molecule has 0 radical (unpaired) electrons. The first-order valence-corrected chi connectivity index (χ1v) is 9.79. The van der Waals surface area contributed by atoms with Crippen LogP contribution in [0.3, 0.4) is 0 Å². The van der Waals surface area contributed by atoms with Gasteiger partial charge in [0.25, 0.3) is 0 Å². The summed E-state index contributed by atoms with van der Waals surface area (Å²) >= 11 is 2.06. The van der Waals surface area contributed by atoms with E-state index in [2.05, 4.69) is 4.99 Å². The van der Waals surface area contributed by atoms with Crippen LogP contribution in [0.25, 0.3) is 10.2 Å². The number of hydrogen-bond acceptors (Lipinski definition) is 5. The molecule has 25 heavy (non-hydrogen) atoms. The van der Waals surface area contributed by atoms with Gasteiger partial charge in [-0.15, -0.1) is 0 Å². The highest BCUT2D eigenvalue weighted by atomic mass is 32.1. The van der Waals surface area contributed by atoms with Gasteiger partial charge in [-0.2, -0.15) is 0 Å². The zero-order valence-corrected chi connectivity index (χ0v) is 15.5. The van der Waals surface area contributed by atoms with Crippen LogP contribution in [0, 0.1) is 5.82 Å². The van der Waals surface area contributed by atoms with E-state index in [9.17, 15) is 14.0 Å². The molecule has 0 saturated heterocycles. The zero-order valence-electron chi connectivity index (χ0n) is 13.9. The van der Waals surface area contributed by atoms with Crippen LogP contribution in [-0.2, 0) is 13.1 Å². The molecule has 0 amide bonds. The molecule has 0 aliphatic carbocycles. The van der Waals surface area contributed by atoms with Gasteiger partial charge in [-0.25, -0.2) is 14.1 Å². The maximum Gasteiger partial charge on any atom is 0.325 e. The van der Waals surface area contributed by atoms with Gasteiger partial charge in [0.15, 0.2) is 0 Å². The Balaban J connectivity index is 1.96. The van der Waals surface area contributed by atoms with E-state index in [1.54, 1.807) is 15.3 Å². The molecule has 0 atom stereocenters. The number of rotatable bonds is 2. The highest BCUT2D eigenvalue weighted by Gasteiger charge is 2.16. The summed E-state index contributed by atoms with van der Waals surface area (Å²) in [7, 11) is 0. The first-order chi connectivity index (χ1) is 12.0. The Morgan fingerprint density at radius 3 is 2.52 bits per heavy atom. The van der Waals surface area contributed by atoms with Crippen LogP contribution >= 0.6 is 22.7 Å². The molecule has 9 heteroatoms. The molecule has 3 aromatic rings. The van der Waals surface area contributed by atoms with Crippen molar-refractivity contribution in [1.29, 1.82) is 0 Å². The molecule has 1 aromatic carbocycles. The van der Waals surface area contributed by atoms with Crippen molar-refractivity contribution in [2.45, 2.75) is 45.8 Å². The van der Waals surface area contributed by atoms with Gasteiger partial charge in [0, 0.05) is 19.1 Å². The molecule has 1 aliphatic heterocycles. The van der Waals surface area contributed by atoms with E-state index in [-0.39, 0.29) is 21.5 Å². The summed E-state index contributed by atoms with van der Waals surface area (Å²) < 4.78 is 20.2. The Hall–Kier alpha value is -2.00. The summed E-state index contributed by atoms with van der Waals surface area (Å²) in [4.78, 5) is 28.9. The van der Waals surface area contributed by atoms with E-state index >= 15 is 0 Å². The molecule has 132 valence electrons. The number of fused-ring (bicyclic) bond motifs is 2. The van der Waals surface area contributed by atoms with Crippen LogP contribution in [0.1, 0.15) is 32.7 Å². The minimum absolute atomic E-state index is 0.0211. The van der Waals surface area contributed by atoms with E-state index in [1.165, 1.54) is 6.07 Å². The SMILES string of the molecule is CC(C)n1c(=O)sc2cc(F)c(N=c3sc(=O)n4n3CCCC4)cc21. The second-order valence-corrected chi connectivity index (χ2v) is 8.23. The smallest absolute Gasteiger partial charge is 0.296 e. The van der Waals surface area contributed by atoms with Gasteiger partial charge in [0.1, 0.15) is 11.5 Å². The standard InChI is InChI=1S/C16H17FN4O2S2/c1-9(2)21-12-8-11(10(17)7-13(12)24-16(21)23)18-14-19-5-3-4-6-20(19)15(22)25-14/h7-9H,3-6H2,1-2H3. The molecule has 0 spiro atoms. The molecule has 6 nitrogen and oxygen atoms in total. The largest absolute Gasteiger partial charge is 0.325 e. The number of benzene rings is 1. The van der Waals surface area contributed by atoms with Gasteiger partial charge in [0.2, 0.25) is 4.80 Å². The summed E-state index contributed by atoms with van der Waals surface area (Å²) in [6.45, 7) is 5.21. The predicted octanol–water partition coefficient (Wildman–Crippen LogP) is 2.83. The van der Waals surface area contributed by atoms with Crippen LogP contribution in [0.2, 0.25) is 0 Å². The van der Waals surface area contributed by atoms with Crippen LogP contribution in [0.4, 0.5) is 10.1 Å². The third-order valence-electron chi connectivity index (χ3n) is 4.31. The van der Waals surface area contributed by atoms with Crippen LogP contribution in [0.15, 0.2) is 26.7 Å². The minimum Gasteiger partial charge on any atom is -0.296 e. The summed E-state index contributed by atoms with van der Waals surface area (Å²) in [5.41, 5.74) is 0.831. The van der Waals surface area contributed by atoms with Gasteiger partial charge < -0.3 is 0 Å². The van der Waals surface area contributed by atoms with Crippen LogP contribution in [0.5, 0.6) is 0 Å². The summed E-state index contributed by atoms with van der Waals surface area (Å²) in [5.74, 6) is -0.485. The zero-order chi connectivity index (χ0) is 17.7. The molecular weight excluding hydrogens is 363 g/mol. The highest BCUT2D eigenvalue weighted by molar-refractivity contribution is 7.16. The molecule has 4 rings (SSSR count). The van der Waals surface area contributed by atoms with Crippen LogP contribution in [-0.4, -0.2) is 13.9 Å². The number of halogens is 1. The van der Waals surface area contributed by atoms with Gasteiger partial charge >= 0.3 is 9.75 Å². The normalized spacial score (nSPS) is 15.3. The number of aromatic nitrogens is 3. The van der Waals surface area contributed by atoms with Gasteiger partial charge in [-0.05, 0) is 50.2 Å². The van der Waals surface area contributed by atoms with Crippen molar-refractivity contribution in [3.63, 3.8) is 0 Å². The molecule has 3 heterocycles. The average Bonchev–Trinajstić information content (AvgIpc) is 3.05. The van der Waals surface area contributed by atoms with Gasteiger partial charge in [-0.3, -0.25) is 18.8 Å². The van der Waals surface area contributed by atoms with Crippen LogP contribution < -0.4 is 14.5 Å². The maximum atomic E-state index is 14.5. The van der Waals surface area contributed by atoms with Gasteiger partial charge in [0.05, 0.1) is 10.2 Å². The monoisotopic (exact) mass is 380 g/mol. The van der Waals surface area contributed by atoms with E-state index < -0.39 is 5.82 Å². The lowest BCUT2D eigenvalue weighted by Crippen LogP contribution is -2.31. The molecule has 0 unspecified atom stereocenters. The van der Waals surface area contributed by atoms with Gasteiger partial charge in [-0.1, -0.05) is 11.3 Å². The van der Waals surface area contributed by atoms with Crippen molar-refractivity contribution < 1.29 is 4.39 Å². The topological polar surface area (TPSA) is 61.3 Å². The van der Waals surface area contributed by atoms with Crippen molar-refractivity contribution in [2.75, 3.05) is 0 Å². The second kappa shape index (κ2) is 6.06. The predicted molar refractivity (Wildman–Crippen MR) is 97.5 cm³/mol. The Kier molecular flexibility index (Phi) is 3.99. The fourth-order valence-electron chi connectivity index (χ4n) is 3.14. The number of thiazole rings is 1. The molecule has 2 aromatic heterocycles. The molecule has 1 aliphatic rings. The molecule has 0 saturated carbocycles. The van der Waals surface area contributed by atoms with E-state index in [4.69, 9.17) is 0 Å². The fraction of sp³-hybridized carbons (Fsp3) is 0.438. The first kappa shape index (κ1) is 16.5. The average molecular weight is 380 g/mol. The first-order valence-electron chi connectivity index (χ1n) is 8.16. The number of hydrogen-bond donors (Lipinski definition) is 0. The van der Waals surface area contributed by atoms with E-state index in [0.29, 0.717) is 28.1 Å². The van der Waals surface area contributed by atoms with Crippen molar-refractivity contribution in [2.24, 2.45) is 4.99 Å². The Bertz CT molecular complexity index is 1150. The second-order valence-electron chi connectivity index (χ2n) is 6.32. The minimum atomic E-state index is -0.485. The summed E-state index contributed by atoms with van der Waals surface area (Å²) in [5, 5.41) is 0. The summed E-state index contributed by atoms with van der Waals surface area (Å²) in [6, 6.07) is 2.94. The molecule has 0 N–H and O–H groups in total. The Morgan fingerprint density at radius 2 is 1.80 bits per heavy atom. The molecule has 0 fully saturated rings. The van der Waals surface area contributed by atoms with Crippen molar-refractivity contribution in [1.82, 2.24) is 13.9 Å². The molecular formula is C16H17FN4O2S2. The maximum absolute atomic E-state index is 14.5. The van der Waals surface area contributed by atoms with Crippen molar-refractivity contribution in [3.8, 4) is 0 Å². The lowest BCUT2D eigenvalue weighted by atomic mass is 10.2. The lowest BCUT2D eigenvalue weighted by Gasteiger charge is -2.15. The quantitative estimate of drug-likeness (QED) is 0.686. The Labute approximate surface area is 150 Å². The molecule has 0 bridgehead atoms. The third-order valence-corrected chi connectivity index (χ3v) is 6.09. The van der Waals surface area contributed by atoms with E-state index in [1.807, 2.05) is 18.5 Å². The fourth-order valence-corrected chi connectivity index (χ4v) is 5.05. The van der Waals surface area contributed by atoms with E-state index in [0.717, 1.165) is 35.5 Å². The van der Waals surface area contributed by atoms with Crippen molar-refractivity contribution >= 4 is 38.6 Å². The highest BCUT2D eigenvalue weighted by Crippen LogP contribution is 2.28.